The summed E-state index contributed by atoms with van der Waals surface area (Å²) < 4.78 is 0. The number of nitrogens with zero attached hydrogens (tertiary/aromatic N) is 3. The van der Waals surface area contributed by atoms with Crippen molar-refractivity contribution in [2.24, 2.45) is 0 Å². The minimum Gasteiger partial charge on any atom is -0.355 e. The van der Waals surface area contributed by atoms with Crippen molar-refractivity contribution >= 4 is 23.1 Å². The second-order valence-electron chi connectivity index (χ2n) is 6.03. The van der Waals surface area contributed by atoms with Gasteiger partial charge in [-0.1, -0.05) is 6.07 Å². The molecule has 6 heteroatoms. The van der Waals surface area contributed by atoms with Crippen LogP contribution in [0.15, 0.2) is 29.6 Å². The molecule has 1 N–H and O–H groups in total. The molecule has 0 aliphatic carbocycles. The molecule has 0 unspecified atom stereocenters. The number of hydrogen-bond donors (Lipinski definition) is 1. The van der Waals surface area contributed by atoms with E-state index in [1.807, 2.05) is 37.4 Å². The Labute approximate surface area is 134 Å². The quantitative estimate of drug-likeness (QED) is 0.942. The molecule has 3 rings (SSSR count). The topological polar surface area (TPSA) is 58.1 Å². The molecule has 1 saturated heterocycles. The Hall–Kier alpha value is -1.95. The van der Waals surface area contributed by atoms with Gasteiger partial charge in [0.25, 0.3) is 5.91 Å². The molecule has 0 saturated carbocycles. The van der Waals surface area contributed by atoms with Crippen LogP contribution in [0.2, 0.25) is 0 Å². The maximum atomic E-state index is 12.4. The van der Waals surface area contributed by atoms with E-state index >= 15 is 0 Å². The fraction of sp³-hybridized carbons (Fsp3) is 0.438. The molecule has 1 amide bonds. The molecule has 0 aromatic carbocycles. The number of carbonyl (C=O) groups is 1. The van der Waals surface area contributed by atoms with Crippen LogP contribution in [0.1, 0.15) is 42.1 Å². The molecule has 3 heterocycles. The van der Waals surface area contributed by atoms with Gasteiger partial charge in [0.05, 0.1) is 5.54 Å². The van der Waals surface area contributed by atoms with E-state index < -0.39 is 5.54 Å². The molecule has 2 aromatic rings. The van der Waals surface area contributed by atoms with Crippen LogP contribution in [0, 0.1) is 0 Å². The Morgan fingerprint density at radius 3 is 2.59 bits per heavy atom. The minimum absolute atomic E-state index is 0.195. The molecule has 5 nitrogen and oxygen atoms in total. The summed E-state index contributed by atoms with van der Waals surface area (Å²) in [6.07, 6.45) is 2.39. The Morgan fingerprint density at radius 1 is 1.23 bits per heavy atom. The van der Waals surface area contributed by atoms with Crippen molar-refractivity contribution in [2.75, 3.05) is 18.0 Å². The summed E-state index contributed by atoms with van der Waals surface area (Å²) in [5.41, 5.74) is -0.0619. The Kier molecular flexibility index (Phi) is 4.11. The van der Waals surface area contributed by atoms with Gasteiger partial charge in [0.15, 0.2) is 11.5 Å². The molecule has 0 spiro atoms. The monoisotopic (exact) mass is 316 g/mol. The lowest BCUT2D eigenvalue weighted by Crippen LogP contribution is -2.40. The van der Waals surface area contributed by atoms with Gasteiger partial charge in [-0.05, 0) is 50.3 Å². The van der Waals surface area contributed by atoms with Gasteiger partial charge in [0, 0.05) is 18.0 Å². The van der Waals surface area contributed by atoms with Crippen LogP contribution in [-0.4, -0.2) is 29.2 Å². The number of anilines is 1. The SMILES string of the molecule is CC(C)(NC(=O)c1ccc(N2CCCC2)nn1)c1cccs1. The van der Waals surface area contributed by atoms with Gasteiger partial charge >= 0.3 is 0 Å². The van der Waals surface area contributed by atoms with E-state index in [0.29, 0.717) is 5.69 Å². The third kappa shape index (κ3) is 3.11. The summed E-state index contributed by atoms with van der Waals surface area (Å²) in [4.78, 5) is 15.7. The van der Waals surface area contributed by atoms with Gasteiger partial charge in [-0.25, -0.2) is 0 Å². The van der Waals surface area contributed by atoms with Crippen LogP contribution >= 0.6 is 11.3 Å². The van der Waals surface area contributed by atoms with Crippen LogP contribution in [0.5, 0.6) is 0 Å². The molecule has 0 radical (unpaired) electrons. The van der Waals surface area contributed by atoms with E-state index in [1.165, 1.54) is 12.8 Å². The number of carbonyl (C=O) groups excluding carboxylic acids is 1. The lowest BCUT2D eigenvalue weighted by molar-refractivity contribution is 0.0907. The van der Waals surface area contributed by atoms with Crippen molar-refractivity contribution < 1.29 is 4.79 Å². The minimum atomic E-state index is -0.416. The van der Waals surface area contributed by atoms with Crippen molar-refractivity contribution in [3.8, 4) is 0 Å². The largest absolute Gasteiger partial charge is 0.355 e. The summed E-state index contributed by atoms with van der Waals surface area (Å²) in [5, 5.41) is 13.3. The Bertz CT molecular complexity index is 631. The van der Waals surface area contributed by atoms with Gasteiger partial charge in [-0.2, -0.15) is 0 Å². The molecule has 2 aromatic heterocycles. The molecular weight excluding hydrogens is 296 g/mol. The lowest BCUT2D eigenvalue weighted by Gasteiger charge is -2.24. The smallest absolute Gasteiger partial charge is 0.272 e. The summed E-state index contributed by atoms with van der Waals surface area (Å²) >= 11 is 1.63. The van der Waals surface area contributed by atoms with Crippen LogP contribution in [-0.2, 0) is 5.54 Å². The number of thiophene rings is 1. The first-order chi connectivity index (χ1) is 10.6. The predicted molar refractivity (Wildman–Crippen MR) is 88.3 cm³/mol. The predicted octanol–water partition coefficient (Wildman–Crippen LogP) is 2.80. The molecule has 116 valence electrons. The third-order valence-electron chi connectivity index (χ3n) is 3.88. The molecule has 0 atom stereocenters. The highest BCUT2D eigenvalue weighted by Gasteiger charge is 2.25. The standard InChI is InChI=1S/C16H20N4OS/c1-16(2,13-6-5-11-22-13)17-15(21)12-7-8-14(19-18-12)20-9-3-4-10-20/h5-8,11H,3-4,9-10H2,1-2H3,(H,17,21). The molecule has 1 aliphatic heterocycles. The molecular formula is C16H20N4OS. The summed E-state index contributed by atoms with van der Waals surface area (Å²) in [6.45, 7) is 6.02. The van der Waals surface area contributed by atoms with Gasteiger partial charge in [0.2, 0.25) is 0 Å². The average Bonchev–Trinajstić information content (AvgIpc) is 3.20. The number of hydrogen-bond acceptors (Lipinski definition) is 5. The number of rotatable bonds is 4. The van der Waals surface area contributed by atoms with Gasteiger partial charge in [0.1, 0.15) is 0 Å². The fourth-order valence-corrected chi connectivity index (χ4v) is 3.41. The average molecular weight is 316 g/mol. The first-order valence-electron chi connectivity index (χ1n) is 7.51. The zero-order chi connectivity index (χ0) is 15.6. The first-order valence-corrected chi connectivity index (χ1v) is 8.39. The van der Waals surface area contributed by atoms with E-state index in [4.69, 9.17) is 0 Å². The van der Waals surface area contributed by atoms with Crippen molar-refractivity contribution in [1.82, 2.24) is 15.5 Å². The van der Waals surface area contributed by atoms with E-state index in [2.05, 4.69) is 20.4 Å². The van der Waals surface area contributed by atoms with Crippen molar-refractivity contribution in [3.63, 3.8) is 0 Å². The molecule has 22 heavy (non-hydrogen) atoms. The normalized spacial score (nSPS) is 15.1. The van der Waals surface area contributed by atoms with Gasteiger partial charge in [-0.15, -0.1) is 21.5 Å². The highest BCUT2D eigenvalue weighted by molar-refractivity contribution is 7.10. The van der Waals surface area contributed by atoms with Crippen LogP contribution in [0.3, 0.4) is 0 Å². The van der Waals surface area contributed by atoms with Crippen LogP contribution in [0.4, 0.5) is 5.82 Å². The van der Waals surface area contributed by atoms with Crippen LogP contribution in [0.25, 0.3) is 0 Å². The van der Waals surface area contributed by atoms with Crippen molar-refractivity contribution in [1.29, 1.82) is 0 Å². The highest BCUT2D eigenvalue weighted by atomic mass is 32.1. The molecule has 0 bridgehead atoms. The number of aromatic nitrogens is 2. The second-order valence-corrected chi connectivity index (χ2v) is 6.98. The van der Waals surface area contributed by atoms with Crippen LogP contribution < -0.4 is 10.2 Å². The number of nitrogens with one attached hydrogen (secondary N) is 1. The second kappa shape index (κ2) is 6.04. The van der Waals surface area contributed by atoms with Crippen molar-refractivity contribution in [2.45, 2.75) is 32.2 Å². The highest BCUT2D eigenvalue weighted by Crippen LogP contribution is 2.25. The summed E-state index contributed by atoms with van der Waals surface area (Å²) in [7, 11) is 0. The van der Waals surface area contributed by atoms with Crippen molar-refractivity contribution in [3.05, 3.63) is 40.2 Å². The Balaban J connectivity index is 1.69. The maximum absolute atomic E-state index is 12.4. The lowest BCUT2D eigenvalue weighted by atomic mass is 10.0. The molecule has 1 aliphatic rings. The zero-order valence-electron chi connectivity index (χ0n) is 12.9. The van der Waals surface area contributed by atoms with E-state index in [1.54, 1.807) is 17.4 Å². The van der Waals surface area contributed by atoms with E-state index in [-0.39, 0.29) is 5.91 Å². The maximum Gasteiger partial charge on any atom is 0.272 e. The zero-order valence-corrected chi connectivity index (χ0v) is 13.7. The first kappa shape index (κ1) is 15.0. The molecule has 1 fully saturated rings. The summed E-state index contributed by atoms with van der Waals surface area (Å²) in [6, 6.07) is 7.64. The van der Waals surface area contributed by atoms with E-state index in [0.717, 1.165) is 23.8 Å². The summed E-state index contributed by atoms with van der Waals surface area (Å²) in [5.74, 6) is 0.658. The van der Waals surface area contributed by atoms with Gasteiger partial charge < -0.3 is 10.2 Å². The van der Waals surface area contributed by atoms with Gasteiger partial charge in [-0.3, -0.25) is 4.79 Å². The Morgan fingerprint density at radius 2 is 2.00 bits per heavy atom. The fourth-order valence-electron chi connectivity index (χ4n) is 2.60. The third-order valence-corrected chi connectivity index (χ3v) is 5.07. The van der Waals surface area contributed by atoms with E-state index in [9.17, 15) is 4.79 Å². The number of amides is 1.